The molecule has 0 bridgehead atoms. The van der Waals surface area contributed by atoms with Crippen molar-refractivity contribution in [3.63, 3.8) is 0 Å². The molecule has 0 saturated heterocycles. The maximum Gasteiger partial charge on any atom is 0.239 e. The smallest absolute Gasteiger partial charge is 0.239 e. The first-order valence-electron chi connectivity index (χ1n) is 6.58. The fraction of sp³-hybridized carbons (Fsp3) is 0.429. The zero-order chi connectivity index (χ0) is 14.5. The summed E-state index contributed by atoms with van der Waals surface area (Å²) in [5, 5.41) is 6.20. The first-order valence-corrected chi connectivity index (χ1v) is 7.94. The van der Waals surface area contributed by atoms with Gasteiger partial charge in [0.2, 0.25) is 11.8 Å². The van der Waals surface area contributed by atoms with Crippen LogP contribution in [0.25, 0.3) is 0 Å². The van der Waals surface area contributed by atoms with E-state index in [2.05, 4.69) is 10.6 Å². The molecule has 1 aromatic rings. The quantitative estimate of drug-likeness (QED) is 0.898. The highest BCUT2D eigenvalue weighted by molar-refractivity contribution is 7.99. The molecule has 0 saturated carbocycles. The molecule has 1 atom stereocenters. The summed E-state index contributed by atoms with van der Waals surface area (Å²) in [4.78, 5) is 24.2. The largest absolute Gasteiger partial charge is 0.348 e. The molecule has 2 N–H and O–H groups in total. The molecule has 20 heavy (non-hydrogen) atoms. The van der Waals surface area contributed by atoms with Gasteiger partial charge in [-0.15, -0.1) is 11.8 Å². The maximum atomic E-state index is 11.9. The van der Waals surface area contributed by atoms with Crippen molar-refractivity contribution in [2.45, 2.75) is 30.7 Å². The van der Waals surface area contributed by atoms with Gasteiger partial charge in [0.25, 0.3) is 0 Å². The van der Waals surface area contributed by atoms with Crippen LogP contribution in [0.1, 0.15) is 31.4 Å². The number of hydrogen-bond acceptors (Lipinski definition) is 3. The molecule has 2 amide bonds. The first-order chi connectivity index (χ1) is 9.60. The topological polar surface area (TPSA) is 58.2 Å². The van der Waals surface area contributed by atoms with Gasteiger partial charge >= 0.3 is 0 Å². The van der Waals surface area contributed by atoms with Gasteiger partial charge in [-0.3, -0.25) is 9.59 Å². The molecule has 108 valence electrons. The van der Waals surface area contributed by atoms with E-state index in [4.69, 9.17) is 11.6 Å². The monoisotopic (exact) mass is 312 g/mol. The first kappa shape index (κ1) is 15.2. The molecule has 1 heterocycles. The number of benzene rings is 1. The number of halogens is 1. The summed E-state index contributed by atoms with van der Waals surface area (Å²) >= 11 is 7.79. The number of carbonyl (C=O) groups excluding carboxylic acids is 2. The van der Waals surface area contributed by atoms with Gasteiger partial charge in [-0.05, 0) is 30.2 Å². The van der Waals surface area contributed by atoms with E-state index in [0.29, 0.717) is 11.4 Å². The minimum Gasteiger partial charge on any atom is -0.348 e. The highest BCUT2D eigenvalue weighted by atomic mass is 35.5. The number of carbonyl (C=O) groups is 2. The minimum absolute atomic E-state index is 0.0201. The van der Waals surface area contributed by atoms with E-state index in [-0.39, 0.29) is 24.4 Å². The number of rotatable bonds is 4. The summed E-state index contributed by atoms with van der Waals surface area (Å²) in [6.45, 7) is 1.77. The second-order valence-corrected chi connectivity index (χ2v) is 6.14. The molecule has 0 spiro atoms. The zero-order valence-corrected chi connectivity index (χ0v) is 12.8. The Labute approximate surface area is 127 Å². The standard InChI is InChI=1S/C14H17ClN2O2S/c1-2-13(18)16-8-14(19)17-11-5-6-20-12-4-3-9(15)7-10(11)12/h3-4,7,11H,2,5-6,8H2,1H3,(H,16,18)(H,17,19)/t11-/m1/s1. The Bertz CT molecular complexity index is 522. The van der Waals surface area contributed by atoms with E-state index in [0.717, 1.165) is 22.6 Å². The number of thioether (sulfide) groups is 1. The lowest BCUT2D eigenvalue weighted by molar-refractivity contribution is -0.126. The molecular formula is C14H17ClN2O2S. The molecular weight excluding hydrogens is 296 g/mol. The molecule has 0 aliphatic carbocycles. The van der Waals surface area contributed by atoms with Crippen molar-refractivity contribution in [3.8, 4) is 0 Å². The molecule has 0 fully saturated rings. The van der Waals surface area contributed by atoms with Gasteiger partial charge in [-0.25, -0.2) is 0 Å². The SMILES string of the molecule is CCC(=O)NCC(=O)N[C@@H]1CCSc2ccc(Cl)cc21. The fourth-order valence-electron chi connectivity index (χ4n) is 2.06. The predicted molar refractivity (Wildman–Crippen MR) is 81.0 cm³/mol. The molecule has 0 radical (unpaired) electrons. The van der Waals surface area contributed by atoms with Crippen LogP contribution in [0.4, 0.5) is 0 Å². The maximum absolute atomic E-state index is 11.9. The summed E-state index contributed by atoms with van der Waals surface area (Å²) < 4.78 is 0. The van der Waals surface area contributed by atoms with Gasteiger partial charge in [0.05, 0.1) is 12.6 Å². The van der Waals surface area contributed by atoms with Crippen molar-refractivity contribution in [1.82, 2.24) is 10.6 Å². The average molecular weight is 313 g/mol. The summed E-state index contributed by atoms with van der Waals surface area (Å²) in [5.74, 6) is 0.665. The van der Waals surface area contributed by atoms with Crippen LogP contribution in [0, 0.1) is 0 Å². The lowest BCUT2D eigenvalue weighted by atomic mass is 10.0. The van der Waals surface area contributed by atoms with E-state index in [9.17, 15) is 9.59 Å². The highest BCUT2D eigenvalue weighted by Crippen LogP contribution is 2.37. The Morgan fingerprint density at radius 2 is 2.20 bits per heavy atom. The van der Waals surface area contributed by atoms with Gasteiger partial charge in [0, 0.05) is 22.1 Å². The predicted octanol–water partition coefficient (Wildman–Crippen LogP) is 2.52. The third kappa shape index (κ3) is 3.90. The molecule has 4 nitrogen and oxygen atoms in total. The van der Waals surface area contributed by atoms with Gasteiger partial charge in [0.15, 0.2) is 0 Å². The Morgan fingerprint density at radius 3 is 2.95 bits per heavy atom. The number of nitrogens with one attached hydrogen (secondary N) is 2. The van der Waals surface area contributed by atoms with E-state index < -0.39 is 0 Å². The van der Waals surface area contributed by atoms with Crippen molar-refractivity contribution in [3.05, 3.63) is 28.8 Å². The zero-order valence-electron chi connectivity index (χ0n) is 11.2. The van der Waals surface area contributed by atoms with Gasteiger partial charge in [-0.1, -0.05) is 18.5 Å². The van der Waals surface area contributed by atoms with Crippen LogP contribution >= 0.6 is 23.4 Å². The summed E-state index contributed by atoms with van der Waals surface area (Å²) in [7, 11) is 0. The van der Waals surface area contributed by atoms with E-state index in [1.165, 1.54) is 0 Å². The molecule has 1 aromatic carbocycles. The Morgan fingerprint density at radius 1 is 1.40 bits per heavy atom. The summed E-state index contributed by atoms with van der Waals surface area (Å²) in [6.07, 6.45) is 1.25. The Hall–Kier alpha value is -1.20. The van der Waals surface area contributed by atoms with Crippen molar-refractivity contribution in [2.75, 3.05) is 12.3 Å². The molecule has 6 heteroatoms. The molecule has 1 aliphatic heterocycles. The third-order valence-electron chi connectivity index (χ3n) is 3.11. The van der Waals surface area contributed by atoms with Crippen LogP contribution < -0.4 is 10.6 Å². The van der Waals surface area contributed by atoms with Crippen molar-refractivity contribution in [1.29, 1.82) is 0 Å². The van der Waals surface area contributed by atoms with Crippen LogP contribution in [0.5, 0.6) is 0 Å². The Kier molecular flexibility index (Phi) is 5.31. The van der Waals surface area contributed by atoms with Crippen molar-refractivity contribution in [2.24, 2.45) is 0 Å². The van der Waals surface area contributed by atoms with Gasteiger partial charge in [0.1, 0.15) is 0 Å². The number of hydrogen-bond donors (Lipinski definition) is 2. The third-order valence-corrected chi connectivity index (χ3v) is 4.47. The fourth-order valence-corrected chi connectivity index (χ4v) is 3.35. The lowest BCUT2D eigenvalue weighted by Gasteiger charge is -2.26. The normalized spacial score (nSPS) is 17.2. The second-order valence-electron chi connectivity index (χ2n) is 4.57. The number of amides is 2. The summed E-state index contributed by atoms with van der Waals surface area (Å²) in [6, 6.07) is 5.72. The van der Waals surface area contributed by atoms with E-state index >= 15 is 0 Å². The molecule has 1 aliphatic rings. The highest BCUT2D eigenvalue weighted by Gasteiger charge is 2.22. The molecule has 0 unspecified atom stereocenters. The van der Waals surface area contributed by atoms with E-state index in [1.54, 1.807) is 18.7 Å². The van der Waals surface area contributed by atoms with Crippen LogP contribution in [-0.4, -0.2) is 24.1 Å². The Balaban J connectivity index is 1.99. The molecule has 0 aromatic heterocycles. The minimum atomic E-state index is -0.172. The van der Waals surface area contributed by atoms with Crippen LogP contribution in [-0.2, 0) is 9.59 Å². The number of fused-ring (bicyclic) bond motifs is 1. The molecule has 2 rings (SSSR count). The van der Waals surface area contributed by atoms with Gasteiger partial charge < -0.3 is 10.6 Å². The van der Waals surface area contributed by atoms with Crippen molar-refractivity contribution < 1.29 is 9.59 Å². The lowest BCUT2D eigenvalue weighted by Crippen LogP contribution is -2.39. The van der Waals surface area contributed by atoms with Crippen molar-refractivity contribution >= 4 is 35.2 Å². The van der Waals surface area contributed by atoms with Crippen LogP contribution in [0.3, 0.4) is 0 Å². The summed E-state index contributed by atoms with van der Waals surface area (Å²) in [5.41, 5.74) is 1.06. The van der Waals surface area contributed by atoms with Crippen LogP contribution in [0.2, 0.25) is 5.02 Å². The van der Waals surface area contributed by atoms with E-state index in [1.807, 2.05) is 18.2 Å². The van der Waals surface area contributed by atoms with Crippen LogP contribution in [0.15, 0.2) is 23.1 Å². The van der Waals surface area contributed by atoms with Gasteiger partial charge in [-0.2, -0.15) is 0 Å². The second kappa shape index (κ2) is 6.99. The average Bonchev–Trinajstić information content (AvgIpc) is 2.45.